The van der Waals surface area contributed by atoms with Crippen LogP contribution >= 0.6 is 11.8 Å². The van der Waals surface area contributed by atoms with Gasteiger partial charge >= 0.3 is 0 Å². The Balaban J connectivity index is 1.36. The minimum Gasteiger partial charge on any atom is -0.497 e. The number of benzene rings is 2. The molecule has 1 heterocycles. The maximum absolute atomic E-state index is 12.3. The molecule has 0 atom stereocenters. The number of ether oxygens (including phenoxy) is 2. The van der Waals surface area contributed by atoms with E-state index < -0.39 is 0 Å². The highest BCUT2D eigenvalue weighted by molar-refractivity contribution is 7.99. The summed E-state index contributed by atoms with van der Waals surface area (Å²) in [7, 11) is 1.67. The molecule has 0 spiro atoms. The van der Waals surface area contributed by atoms with Gasteiger partial charge in [-0.3, -0.25) is 4.79 Å². The van der Waals surface area contributed by atoms with Crippen molar-refractivity contribution in [3.8, 4) is 5.75 Å². The molecular weight excluding hydrogens is 382 g/mol. The number of methoxy groups -OCH3 is 1. The highest BCUT2D eigenvalue weighted by atomic mass is 32.2. The zero-order valence-electron chi connectivity index (χ0n) is 17.2. The second-order valence-electron chi connectivity index (χ2n) is 7.43. The minimum absolute atomic E-state index is 0.0916. The Labute approximate surface area is 178 Å². The molecule has 1 aliphatic rings. The van der Waals surface area contributed by atoms with Gasteiger partial charge in [0, 0.05) is 36.3 Å². The highest BCUT2D eigenvalue weighted by Crippen LogP contribution is 2.26. The molecule has 1 saturated heterocycles. The fourth-order valence-corrected chi connectivity index (χ4v) is 4.56. The molecule has 0 aromatic heterocycles. The SMILES string of the molecule is COc1ccc(CCCCC(=O)Nc2cccc(CSC3CCOCC3)c2)cc1. The minimum atomic E-state index is 0.0916. The van der Waals surface area contributed by atoms with Crippen LogP contribution in [0.4, 0.5) is 5.69 Å². The first-order valence-electron chi connectivity index (χ1n) is 10.4. The lowest BCUT2D eigenvalue weighted by molar-refractivity contribution is -0.116. The van der Waals surface area contributed by atoms with E-state index in [0.717, 1.165) is 62.5 Å². The van der Waals surface area contributed by atoms with E-state index in [4.69, 9.17) is 9.47 Å². The molecule has 0 unspecified atom stereocenters. The topological polar surface area (TPSA) is 47.6 Å². The van der Waals surface area contributed by atoms with E-state index in [2.05, 4.69) is 29.6 Å². The van der Waals surface area contributed by atoms with Crippen LogP contribution in [0.15, 0.2) is 48.5 Å². The van der Waals surface area contributed by atoms with Gasteiger partial charge in [-0.2, -0.15) is 11.8 Å². The van der Waals surface area contributed by atoms with Crippen molar-refractivity contribution in [2.45, 2.75) is 49.5 Å². The molecule has 156 valence electrons. The molecule has 1 aliphatic heterocycles. The summed E-state index contributed by atoms with van der Waals surface area (Å²) in [4.78, 5) is 12.3. The van der Waals surface area contributed by atoms with Crippen LogP contribution in [0.2, 0.25) is 0 Å². The maximum Gasteiger partial charge on any atom is 0.224 e. The fraction of sp³-hybridized carbons (Fsp3) is 0.458. The average Bonchev–Trinajstić information content (AvgIpc) is 2.77. The molecule has 5 heteroatoms. The van der Waals surface area contributed by atoms with Gasteiger partial charge in [-0.15, -0.1) is 0 Å². The summed E-state index contributed by atoms with van der Waals surface area (Å²) in [6.45, 7) is 1.76. The first-order valence-corrected chi connectivity index (χ1v) is 11.5. The molecule has 2 aromatic carbocycles. The smallest absolute Gasteiger partial charge is 0.224 e. The third kappa shape index (κ3) is 7.75. The second-order valence-corrected chi connectivity index (χ2v) is 8.72. The molecule has 0 aliphatic carbocycles. The van der Waals surface area contributed by atoms with Crippen molar-refractivity contribution in [3.05, 3.63) is 59.7 Å². The average molecular weight is 414 g/mol. The van der Waals surface area contributed by atoms with Crippen LogP contribution in [0.1, 0.15) is 43.2 Å². The van der Waals surface area contributed by atoms with Gasteiger partial charge in [0.15, 0.2) is 0 Å². The summed E-state index contributed by atoms with van der Waals surface area (Å²) >= 11 is 1.99. The summed E-state index contributed by atoms with van der Waals surface area (Å²) < 4.78 is 10.6. The highest BCUT2D eigenvalue weighted by Gasteiger charge is 2.14. The van der Waals surface area contributed by atoms with Crippen LogP contribution in [-0.2, 0) is 21.7 Å². The number of carbonyl (C=O) groups excluding carboxylic acids is 1. The first-order chi connectivity index (χ1) is 14.2. The fourth-order valence-electron chi connectivity index (χ4n) is 3.43. The van der Waals surface area contributed by atoms with Crippen LogP contribution < -0.4 is 10.1 Å². The lowest BCUT2D eigenvalue weighted by Gasteiger charge is -2.21. The predicted molar refractivity (Wildman–Crippen MR) is 121 cm³/mol. The Morgan fingerprint density at radius 2 is 1.90 bits per heavy atom. The lowest BCUT2D eigenvalue weighted by Crippen LogP contribution is -2.17. The van der Waals surface area contributed by atoms with E-state index in [0.29, 0.717) is 11.7 Å². The van der Waals surface area contributed by atoms with Crippen molar-refractivity contribution in [2.75, 3.05) is 25.6 Å². The van der Waals surface area contributed by atoms with Gasteiger partial charge in [0.25, 0.3) is 0 Å². The molecule has 0 saturated carbocycles. The molecular formula is C24H31NO3S. The van der Waals surface area contributed by atoms with Crippen LogP contribution in [0.3, 0.4) is 0 Å². The largest absolute Gasteiger partial charge is 0.497 e. The molecule has 2 aromatic rings. The summed E-state index contributed by atoms with van der Waals surface area (Å²) in [6, 6.07) is 16.4. The van der Waals surface area contributed by atoms with Crippen molar-refractivity contribution >= 4 is 23.4 Å². The Morgan fingerprint density at radius 1 is 1.10 bits per heavy atom. The number of unbranched alkanes of at least 4 members (excludes halogenated alkanes) is 1. The molecule has 3 rings (SSSR count). The second kappa shape index (κ2) is 11.9. The normalized spacial score (nSPS) is 14.5. The van der Waals surface area contributed by atoms with E-state index >= 15 is 0 Å². The van der Waals surface area contributed by atoms with Crippen molar-refractivity contribution in [1.29, 1.82) is 0 Å². The standard InChI is InChI=1S/C24H31NO3S/c1-27-22-11-9-19(10-12-22)5-2-3-8-24(26)25-21-7-4-6-20(17-21)18-29-23-13-15-28-16-14-23/h4,6-7,9-12,17,23H,2-3,5,8,13-16,18H2,1H3,(H,25,26). The molecule has 29 heavy (non-hydrogen) atoms. The van der Waals surface area contributed by atoms with Gasteiger partial charge in [-0.1, -0.05) is 24.3 Å². The Hall–Kier alpha value is -1.98. The van der Waals surface area contributed by atoms with Crippen LogP contribution in [-0.4, -0.2) is 31.5 Å². The number of hydrogen-bond acceptors (Lipinski definition) is 4. The molecule has 1 N–H and O–H groups in total. The van der Waals surface area contributed by atoms with Crippen LogP contribution in [0.5, 0.6) is 5.75 Å². The Morgan fingerprint density at radius 3 is 2.66 bits per heavy atom. The number of anilines is 1. The maximum atomic E-state index is 12.3. The molecule has 1 amide bonds. The van der Waals surface area contributed by atoms with Gasteiger partial charge in [-0.05, 0) is 67.5 Å². The van der Waals surface area contributed by atoms with Crippen molar-refractivity contribution in [3.63, 3.8) is 0 Å². The summed E-state index contributed by atoms with van der Waals surface area (Å²) in [5.41, 5.74) is 3.44. The third-order valence-corrected chi connectivity index (χ3v) is 6.59. The van der Waals surface area contributed by atoms with Crippen LogP contribution in [0.25, 0.3) is 0 Å². The van der Waals surface area contributed by atoms with Crippen LogP contribution in [0, 0.1) is 0 Å². The van der Waals surface area contributed by atoms with E-state index in [1.807, 2.05) is 36.0 Å². The van der Waals surface area contributed by atoms with Crippen molar-refractivity contribution < 1.29 is 14.3 Å². The third-order valence-electron chi connectivity index (χ3n) is 5.14. The van der Waals surface area contributed by atoms with E-state index in [-0.39, 0.29) is 5.91 Å². The Kier molecular flexibility index (Phi) is 8.90. The van der Waals surface area contributed by atoms with Gasteiger partial charge in [0.05, 0.1) is 7.11 Å². The van der Waals surface area contributed by atoms with E-state index in [1.165, 1.54) is 11.1 Å². The number of thioether (sulfide) groups is 1. The zero-order valence-corrected chi connectivity index (χ0v) is 18.0. The van der Waals surface area contributed by atoms with Crippen molar-refractivity contribution in [1.82, 2.24) is 0 Å². The summed E-state index contributed by atoms with van der Waals surface area (Å²) in [6.07, 6.45) is 5.70. The lowest BCUT2D eigenvalue weighted by atomic mass is 10.1. The van der Waals surface area contributed by atoms with Gasteiger partial charge in [-0.25, -0.2) is 0 Å². The zero-order chi connectivity index (χ0) is 20.3. The van der Waals surface area contributed by atoms with Gasteiger partial charge in [0.2, 0.25) is 5.91 Å². The molecule has 1 fully saturated rings. The molecule has 0 radical (unpaired) electrons. The van der Waals surface area contributed by atoms with Gasteiger partial charge < -0.3 is 14.8 Å². The summed E-state index contributed by atoms with van der Waals surface area (Å²) in [5.74, 6) is 1.95. The number of amides is 1. The predicted octanol–water partition coefficient (Wildman–Crippen LogP) is 5.46. The van der Waals surface area contributed by atoms with Gasteiger partial charge in [0.1, 0.15) is 5.75 Å². The first kappa shape index (κ1) is 21.7. The quantitative estimate of drug-likeness (QED) is 0.526. The number of carbonyl (C=O) groups is 1. The Bertz CT molecular complexity index is 757. The molecule has 0 bridgehead atoms. The van der Waals surface area contributed by atoms with E-state index in [9.17, 15) is 4.79 Å². The van der Waals surface area contributed by atoms with E-state index in [1.54, 1.807) is 7.11 Å². The molecule has 4 nitrogen and oxygen atoms in total. The number of aryl methyl sites for hydroxylation is 1. The number of hydrogen-bond donors (Lipinski definition) is 1. The number of nitrogens with one attached hydrogen (secondary N) is 1. The summed E-state index contributed by atoms with van der Waals surface area (Å²) in [5, 5.41) is 3.74. The monoisotopic (exact) mass is 413 g/mol. The number of rotatable bonds is 10. The van der Waals surface area contributed by atoms with Crippen molar-refractivity contribution in [2.24, 2.45) is 0 Å².